The Hall–Kier alpha value is -3.05. The van der Waals surface area contributed by atoms with Crippen LogP contribution in [0.15, 0.2) is 37.1 Å². The van der Waals surface area contributed by atoms with E-state index in [1.165, 1.54) is 45.1 Å². The first-order valence-electron chi connectivity index (χ1n) is 10.6. The van der Waals surface area contributed by atoms with Gasteiger partial charge >= 0.3 is 5.97 Å². The van der Waals surface area contributed by atoms with Crippen LogP contribution in [-0.4, -0.2) is 29.0 Å². The smallest absolute Gasteiger partial charge is 0.304 e. The zero-order chi connectivity index (χ0) is 22.0. The molecule has 0 bridgehead atoms. The van der Waals surface area contributed by atoms with Gasteiger partial charge in [0.25, 0.3) is 5.91 Å². The van der Waals surface area contributed by atoms with Crippen LogP contribution in [0.5, 0.6) is 0 Å². The lowest BCUT2D eigenvalue weighted by Crippen LogP contribution is -2.34. The first-order valence-corrected chi connectivity index (χ1v) is 10.6. The maximum Gasteiger partial charge on any atom is 0.304 e. The van der Waals surface area contributed by atoms with Crippen LogP contribution < -0.4 is 5.32 Å². The molecule has 0 saturated carbocycles. The number of aromatic nitrogens is 1. The lowest BCUT2D eigenvalue weighted by Gasteiger charge is -2.12. The number of esters is 1. The molecule has 0 unspecified atom stereocenters. The normalized spacial score (nSPS) is 11.7. The summed E-state index contributed by atoms with van der Waals surface area (Å²) in [7, 11) is 0. The number of nitrogens with zero attached hydrogens (tertiary/aromatic N) is 1. The number of pyridine rings is 1. The summed E-state index contributed by atoms with van der Waals surface area (Å²) in [4.78, 5) is 27.5. The fourth-order valence-electron chi connectivity index (χ4n) is 2.76. The second kappa shape index (κ2) is 15.8. The van der Waals surface area contributed by atoms with E-state index in [1.54, 1.807) is 24.4 Å². The van der Waals surface area contributed by atoms with E-state index in [9.17, 15) is 9.59 Å². The average Bonchev–Trinajstić information content (AvgIpc) is 2.75. The number of amides is 1. The highest BCUT2D eigenvalue weighted by molar-refractivity contribution is 5.92. The molecular weight excluding hydrogens is 376 g/mol. The van der Waals surface area contributed by atoms with Gasteiger partial charge in [-0.3, -0.25) is 14.6 Å². The molecule has 0 aliphatic heterocycles. The Balaban J connectivity index is 2.67. The van der Waals surface area contributed by atoms with E-state index >= 15 is 0 Å². The van der Waals surface area contributed by atoms with Crippen LogP contribution in [0.3, 0.4) is 0 Å². The third kappa shape index (κ3) is 11.7. The predicted octanol–water partition coefficient (Wildman–Crippen LogP) is 4.45. The summed E-state index contributed by atoms with van der Waals surface area (Å²) in [5.74, 6) is 10.5. The molecule has 30 heavy (non-hydrogen) atoms. The highest BCUT2D eigenvalue weighted by Crippen LogP contribution is 2.10. The number of nitrogens with one attached hydrogen (secondary N) is 1. The Labute approximate surface area is 180 Å². The van der Waals surface area contributed by atoms with Gasteiger partial charge in [-0.15, -0.1) is 0 Å². The minimum Gasteiger partial charge on any atom is -0.445 e. The van der Waals surface area contributed by atoms with E-state index < -0.39 is 12.1 Å². The molecule has 2 atom stereocenters. The van der Waals surface area contributed by atoms with Crippen molar-refractivity contribution in [2.24, 2.45) is 0 Å². The fourth-order valence-corrected chi connectivity index (χ4v) is 2.76. The number of unbranched alkanes of at least 4 members (excludes halogenated alkanes) is 6. The van der Waals surface area contributed by atoms with Crippen molar-refractivity contribution in [3.63, 3.8) is 0 Å². The van der Waals surface area contributed by atoms with Crippen molar-refractivity contribution in [1.82, 2.24) is 10.3 Å². The van der Waals surface area contributed by atoms with Crippen LogP contribution in [0.25, 0.3) is 0 Å². The van der Waals surface area contributed by atoms with Crippen molar-refractivity contribution in [3.05, 3.63) is 42.7 Å². The summed E-state index contributed by atoms with van der Waals surface area (Å²) in [6.45, 7) is 7.11. The summed E-state index contributed by atoms with van der Waals surface area (Å²) < 4.78 is 4.97. The zero-order valence-electron chi connectivity index (χ0n) is 18.1. The van der Waals surface area contributed by atoms with Gasteiger partial charge in [-0.25, -0.2) is 0 Å². The molecule has 1 N–H and O–H groups in total. The average molecular weight is 409 g/mol. The highest BCUT2D eigenvalue weighted by atomic mass is 16.5. The van der Waals surface area contributed by atoms with Crippen LogP contribution in [0.1, 0.15) is 75.7 Å². The van der Waals surface area contributed by atoms with Crippen LogP contribution in [0.4, 0.5) is 0 Å². The molecule has 0 saturated heterocycles. The van der Waals surface area contributed by atoms with Gasteiger partial charge in [-0.2, -0.15) is 0 Å². The molecule has 5 heteroatoms. The Morgan fingerprint density at radius 2 is 1.83 bits per heavy atom. The minimum atomic E-state index is -0.693. The maximum absolute atomic E-state index is 12.4. The Bertz CT molecular complexity index is 781. The highest BCUT2D eigenvalue weighted by Gasteiger charge is 2.12. The number of hydrogen-bond donors (Lipinski definition) is 1. The van der Waals surface area contributed by atoms with E-state index in [0.29, 0.717) is 5.69 Å². The van der Waals surface area contributed by atoms with Gasteiger partial charge in [0, 0.05) is 13.1 Å². The largest absolute Gasteiger partial charge is 0.445 e. The molecule has 1 rings (SSSR count). The van der Waals surface area contributed by atoms with Crippen molar-refractivity contribution in [2.45, 2.75) is 77.4 Å². The molecule has 0 radical (unpaired) electrons. The Morgan fingerprint density at radius 1 is 1.13 bits per heavy atom. The molecular formula is C25H32N2O3. The zero-order valence-corrected chi connectivity index (χ0v) is 18.1. The van der Waals surface area contributed by atoms with Crippen LogP contribution in [0.2, 0.25) is 0 Å². The molecule has 0 aromatic carbocycles. The summed E-state index contributed by atoms with van der Waals surface area (Å²) >= 11 is 0. The van der Waals surface area contributed by atoms with Gasteiger partial charge in [0.2, 0.25) is 0 Å². The van der Waals surface area contributed by atoms with Gasteiger partial charge in [-0.1, -0.05) is 70.4 Å². The SMILES string of the molecule is C=C[C@@H](C#CC#C[C@@H](CCCCCCCCC)NC(=O)c1ccccn1)OC(C)=O. The summed E-state index contributed by atoms with van der Waals surface area (Å²) in [5, 5.41) is 2.93. The van der Waals surface area contributed by atoms with Gasteiger partial charge < -0.3 is 10.1 Å². The Kier molecular flexibility index (Phi) is 13.2. The number of ether oxygens (including phenoxy) is 1. The second-order valence-electron chi connectivity index (χ2n) is 6.96. The molecule has 1 amide bonds. The lowest BCUT2D eigenvalue weighted by molar-refractivity contribution is -0.142. The maximum atomic E-state index is 12.4. The molecule has 0 aliphatic carbocycles. The van der Waals surface area contributed by atoms with Crippen molar-refractivity contribution in [3.8, 4) is 23.7 Å². The van der Waals surface area contributed by atoms with Crippen molar-refractivity contribution < 1.29 is 14.3 Å². The predicted molar refractivity (Wildman–Crippen MR) is 119 cm³/mol. The quantitative estimate of drug-likeness (QED) is 0.240. The second-order valence-corrected chi connectivity index (χ2v) is 6.96. The molecule has 0 fully saturated rings. The molecule has 0 aliphatic rings. The first kappa shape index (κ1) is 25.0. The van der Waals surface area contributed by atoms with Crippen molar-refractivity contribution >= 4 is 11.9 Å². The van der Waals surface area contributed by atoms with Gasteiger partial charge in [0.15, 0.2) is 6.10 Å². The molecule has 1 heterocycles. The van der Waals surface area contributed by atoms with E-state index in [-0.39, 0.29) is 11.9 Å². The summed E-state index contributed by atoms with van der Waals surface area (Å²) in [6.07, 6.45) is 11.4. The number of hydrogen-bond acceptors (Lipinski definition) is 4. The number of carbonyl (C=O) groups excluding carboxylic acids is 2. The lowest BCUT2D eigenvalue weighted by atomic mass is 10.0. The molecule has 5 nitrogen and oxygen atoms in total. The number of rotatable bonds is 12. The summed E-state index contributed by atoms with van der Waals surface area (Å²) in [6, 6.07) is 4.89. The first-order chi connectivity index (χ1) is 14.6. The molecule has 160 valence electrons. The molecule has 0 spiro atoms. The van der Waals surface area contributed by atoms with Gasteiger partial charge in [0.1, 0.15) is 5.69 Å². The van der Waals surface area contributed by atoms with E-state index in [4.69, 9.17) is 4.74 Å². The van der Waals surface area contributed by atoms with Gasteiger partial charge in [-0.05, 0) is 42.4 Å². The van der Waals surface area contributed by atoms with Crippen molar-refractivity contribution in [1.29, 1.82) is 0 Å². The minimum absolute atomic E-state index is 0.255. The molecule has 1 aromatic rings. The van der Waals surface area contributed by atoms with E-state index in [1.807, 2.05) is 0 Å². The van der Waals surface area contributed by atoms with Crippen LogP contribution in [-0.2, 0) is 9.53 Å². The van der Waals surface area contributed by atoms with Gasteiger partial charge in [0.05, 0.1) is 6.04 Å². The standard InChI is InChI=1S/C25H32N2O3/c1-4-6-7-8-9-10-11-16-22(27-25(29)24-19-14-15-20-26-24)17-12-13-18-23(5-2)30-21(3)28/h5,14-15,19-20,22-23H,2,4,6-11,16H2,1,3H3,(H,27,29)/t22-,23+/m1/s1. The Morgan fingerprint density at radius 3 is 2.47 bits per heavy atom. The summed E-state index contributed by atoms with van der Waals surface area (Å²) in [5.41, 5.74) is 0.358. The third-order valence-corrected chi connectivity index (χ3v) is 4.33. The fraction of sp³-hybridized carbons (Fsp3) is 0.480. The topological polar surface area (TPSA) is 68.3 Å². The number of carbonyl (C=O) groups is 2. The third-order valence-electron chi connectivity index (χ3n) is 4.33. The monoisotopic (exact) mass is 408 g/mol. The van der Waals surface area contributed by atoms with E-state index in [2.05, 4.69) is 47.5 Å². The molecule has 1 aromatic heterocycles. The van der Waals surface area contributed by atoms with Crippen molar-refractivity contribution in [2.75, 3.05) is 0 Å². The van der Waals surface area contributed by atoms with E-state index in [0.717, 1.165) is 19.3 Å². The van der Waals surface area contributed by atoms with Crippen LogP contribution in [0, 0.1) is 23.7 Å². The van der Waals surface area contributed by atoms with Crippen LogP contribution >= 0.6 is 0 Å².